The van der Waals surface area contributed by atoms with Gasteiger partial charge in [-0.3, -0.25) is 14.2 Å². The standard InChI is InChI=1S/C25H21N3O5S/c1-32-21-14-8-7-13-20(21)28-23(30)16-9-3-5-11-18(16)27-25(28)34-15-22(29)26-19-12-6-4-10-17(19)24(31)33-2/h3-14H,15H2,1-2H3,(H,26,29). The number of ether oxygens (including phenoxy) is 2. The summed E-state index contributed by atoms with van der Waals surface area (Å²) in [6.07, 6.45) is 0. The van der Waals surface area contributed by atoms with Crippen molar-refractivity contribution in [3.05, 3.63) is 88.7 Å². The Morgan fingerprint density at radius 2 is 1.68 bits per heavy atom. The Kier molecular flexibility index (Phi) is 6.93. The summed E-state index contributed by atoms with van der Waals surface area (Å²) < 4.78 is 11.7. The number of benzene rings is 3. The average molecular weight is 476 g/mol. The molecule has 0 saturated heterocycles. The van der Waals surface area contributed by atoms with Gasteiger partial charge in [-0.05, 0) is 36.4 Å². The molecule has 4 rings (SSSR count). The largest absolute Gasteiger partial charge is 0.495 e. The second kappa shape index (κ2) is 10.2. The van der Waals surface area contributed by atoms with Crippen LogP contribution in [0.3, 0.4) is 0 Å². The van der Waals surface area contributed by atoms with E-state index in [1.54, 1.807) is 72.8 Å². The van der Waals surface area contributed by atoms with Crippen molar-refractivity contribution in [3.63, 3.8) is 0 Å². The molecular weight excluding hydrogens is 454 g/mol. The Labute approximate surface area is 199 Å². The zero-order chi connectivity index (χ0) is 24.1. The van der Waals surface area contributed by atoms with Crippen molar-refractivity contribution in [2.75, 3.05) is 25.3 Å². The van der Waals surface area contributed by atoms with Crippen LogP contribution in [0.1, 0.15) is 10.4 Å². The van der Waals surface area contributed by atoms with E-state index in [2.05, 4.69) is 10.3 Å². The van der Waals surface area contributed by atoms with E-state index >= 15 is 0 Å². The Balaban J connectivity index is 1.68. The molecule has 0 unspecified atom stereocenters. The number of rotatable bonds is 7. The van der Waals surface area contributed by atoms with E-state index in [0.717, 1.165) is 11.8 Å². The molecule has 0 bridgehead atoms. The van der Waals surface area contributed by atoms with E-state index in [1.807, 2.05) is 0 Å². The molecule has 9 heteroatoms. The van der Waals surface area contributed by atoms with E-state index in [-0.39, 0.29) is 22.8 Å². The number of methoxy groups -OCH3 is 2. The van der Waals surface area contributed by atoms with Gasteiger partial charge in [-0.2, -0.15) is 0 Å². The number of nitrogens with zero attached hydrogens (tertiary/aromatic N) is 2. The topological polar surface area (TPSA) is 99.5 Å². The van der Waals surface area contributed by atoms with Crippen LogP contribution in [0.15, 0.2) is 82.7 Å². The zero-order valence-corrected chi connectivity index (χ0v) is 19.3. The van der Waals surface area contributed by atoms with Crippen molar-refractivity contribution in [3.8, 4) is 11.4 Å². The van der Waals surface area contributed by atoms with Gasteiger partial charge in [-0.15, -0.1) is 0 Å². The number of esters is 1. The second-order valence-electron chi connectivity index (χ2n) is 7.10. The van der Waals surface area contributed by atoms with E-state index in [1.165, 1.54) is 18.8 Å². The average Bonchev–Trinajstić information content (AvgIpc) is 2.87. The lowest BCUT2D eigenvalue weighted by Gasteiger charge is -2.16. The summed E-state index contributed by atoms with van der Waals surface area (Å²) in [5, 5.41) is 3.52. The maximum atomic E-state index is 13.4. The molecule has 3 aromatic carbocycles. The Hall–Kier alpha value is -4.11. The molecule has 1 aromatic heterocycles. The first kappa shape index (κ1) is 23.1. The van der Waals surface area contributed by atoms with Gasteiger partial charge in [0.15, 0.2) is 5.16 Å². The van der Waals surface area contributed by atoms with Gasteiger partial charge in [0.2, 0.25) is 5.91 Å². The third-order valence-electron chi connectivity index (χ3n) is 5.01. The van der Waals surface area contributed by atoms with Crippen LogP contribution in [-0.2, 0) is 9.53 Å². The highest BCUT2D eigenvalue weighted by atomic mass is 32.2. The number of aromatic nitrogens is 2. The highest BCUT2D eigenvalue weighted by Gasteiger charge is 2.18. The normalized spacial score (nSPS) is 10.6. The molecule has 0 saturated carbocycles. The minimum Gasteiger partial charge on any atom is -0.495 e. The Morgan fingerprint density at radius 3 is 2.47 bits per heavy atom. The summed E-state index contributed by atoms with van der Waals surface area (Å²) in [5.41, 5.74) is 1.37. The molecule has 1 N–H and O–H groups in total. The molecule has 0 radical (unpaired) electrons. The first-order chi connectivity index (χ1) is 16.5. The number of nitrogens with one attached hydrogen (secondary N) is 1. The highest BCUT2D eigenvalue weighted by Crippen LogP contribution is 2.27. The van der Waals surface area contributed by atoms with Crippen molar-refractivity contribution >= 4 is 40.2 Å². The van der Waals surface area contributed by atoms with Crippen LogP contribution in [-0.4, -0.2) is 41.4 Å². The highest BCUT2D eigenvalue weighted by molar-refractivity contribution is 7.99. The van der Waals surface area contributed by atoms with E-state index in [4.69, 9.17) is 9.47 Å². The number of carbonyl (C=O) groups is 2. The van der Waals surface area contributed by atoms with Crippen LogP contribution < -0.4 is 15.6 Å². The lowest BCUT2D eigenvalue weighted by Crippen LogP contribution is -2.23. The molecule has 0 aliphatic carbocycles. The van der Waals surface area contributed by atoms with Crippen LogP contribution in [0, 0.1) is 0 Å². The molecule has 0 fully saturated rings. The van der Waals surface area contributed by atoms with Gasteiger partial charge in [0, 0.05) is 0 Å². The van der Waals surface area contributed by atoms with Crippen molar-refractivity contribution in [2.45, 2.75) is 5.16 Å². The fourth-order valence-corrected chi connectivity index (χ4v) is 4.24. The predicted molar refractivity (Wildman–Crippen MR) is 131 cm³/mol. The number of para-hydroxylation sites is 4. The summed E-state index contributed by atoms with van der Waals surface area (Å²) in [5.74, 6) is -0.463. The van der Waals surface area contributed by atoms with Crippen LogP contribution in [0.5, 0.6) is 5.75 Å². The van der Waals surface area contributed by atoms with Gasteiger partial charge in [0.05, 0.1) is 47.8 Å². The molecule has 8 nitrogen and oxygen atoms in total. The molecular formula is C25H21N3O5S. The van der Waals surface area contributed by atoms with Crippen molar-refractivity contribution in [1.82, 2.24) is 9.55 Å². The fraction of sp³-hybridized carbons (Fsp3) is 0.120. The molecule has 1 heterocycles. The number of fused-ring (bicyclic) bond motifs is 1. The number of amides is 1. The molecule has 0 atom stereocenters. The van der Waals surface area contributed by atoms with Gasteiger partial charge >= 0.3 is 5.97 Å². The number of anilines is 1. The van der Waals surface area contributed by atoms with Crippen molar-refractivity contribution in [2.24, 2.45) is 0 Å². The van der Waals surface area contributed by atoms with Crippen LogP contribution in [0.2, 0.25) is 0 Å². The van der Waals surface area contributed by atoms with Crippen LogP contribution >= 0.6 is 11.8 Å². The first-order valence-electron chi connectivity index (χ1n) is 10.3. The second-order valence-corrected chi connectivity index (χ2v) is 8.04. The SMILES string of the molecule is COC(=O)c1ccccc1NC(=O)CSc1nc2ccccc2c(=O)n1-c1ccccc1OC. The molecule has 34 heavy (non-hydrogen) atoms. The van der Waals surface area contributed by atoms with E-state index in [0.29, 0.717) is 33.2 Å². The molecule has 172 valence electrons. The minimum absolute atomic E-state index is 0.0462. The fourth-order valence-electron chi connectivity index (χ4n) is 3.43. The van der Waals surface area contributed by atoms with Gasteiger partial charge in [0.1, 0.15) is 5.75 Å². The molecule has 0 spiro atoms. The van der Waals surface area contributed by atoms with Gasteiger partial charge < -0.3 is 14.8 Å². The van der Waals surface area contributed by atoms with Crippen molar-refractivity contribution < 1.29 is 19.1 Å². The Morgan fingerprint density at radius 1 is 0.971 bits per heavy atom. The summed E-state index contributed by atoms with van der Waals surface area (Å²) >= 11 is 1.11. The molecule has 4 aromatic rings. The van der Waals surface area contributed by atoms with Gasteiger partial charge in [-0.25, -0.2) is 9.78 Å². The minimum atomic E-state index is -0.551. The van der Waals surface area contributed by atoms with E-state index < -0.39 is 5.97 Å². The van der Waals surface area contributed by atoms with E-state index in [9.17, 15) is 14.4 Å². The third-order valence-corrected chi connectivity index (χ3v) is 5.95. The molecule has 0 aliphatic heterocycles. The quantitative estimate of drug-likeness (QED) is 0.246. The lowest BCUT2D eigenvalue weighted by molar-refractivity contribution is -0.113. The number of thioether (sulfide) groups is 1. The van der Waals surface area contributed by atoms with Crippen molar-refractivity contribution in [1.29, 1.82) is 0 Å². The monoisotopic (exact) mass is 475 g/mol. The summed E-state index contributed by atoms with van der Waals surface area (Å²) in [6, 6.07) is 20.7. The Bertz CT molecular complexity index is 1430. The maximum absolute atomic E-state index is 13.4. The van der Waals surface area contributed by atoms with Gasteiger partial charge in [0.25, 0.3) is 5.56 Å². The number of carbonyl (C=O) groups excluding carboxylic acids is 2. The summed E-state index contributed by atoms with van der Waals surface area (Å²) in [6.45, 7) is 0. The summed E-state index contributed by atoms with van der Waals surface area (Å²) in [4.78, 5) is 42.8. The number of hydrogen-bond acceptors (Lipinski definition) is 7. The lowest BCUT2D eigenvalue weighted by atomic mass is 10.2. The maximum Gasteiger partial charge on any atom is 0.339 e. The molecule has 0 aliphatic rings. The smallest absolute Gasteiger partial charge is 0.339 e. The predicted octanol–water partition coefficient (Wildman–Crippen LogP) is 3.91. The van der Waals surface area contributed by atoms with Gasteiger partial charge in [-0.1, -0.05) is 48.2 Å². The summed E-state index contributed by atoms with van der Waals surface area (Å²) in [7, 11) is 2.80. The van der Waals surface area contributed by atoms with Crippen LogP contribution in [0.4, 0.5) is 5.69 Å². The number of hydrogen-bond donors (Lipinski definition) is 1. The van der Waals surface area contributed by atoms with Crippen LogP contribution in [0.25, 0.3) is 16.6 Å². The third kappa shape index (κ3) is 4.65. The first-order valence-corrected chi connectivity index (χ1v) is 11.3. The zero-order valence-electron chi connectivity index (χ0n) is 18.5. The molecule has 1 amide bonds.